The van der Waals surface area contributed by atoms with Crippen molar-refractivity contribution in [1.29, 1.82) is 0 Å². The quantitative estimate of drug-likeness (QED) is 0.817. The highest BCUT2D eigenvalue weighted by Gasteiger charge is 2.26. The molecule has 2 rings (SSSR count). The molecule has 0 radical (unpaired) electrons. The molecule has 3 nitrogen and oxygen atoms in total. The van der Waals surface area contributed by atoms with Crippen LogP contribution in [0.15, 0.2) is 18.2 Å². The summed E-state index contributed by atoms with van der Waals surface area (Å²) >= 11 is 0. The molecule has 0 bridgehead atoms. The highest BCUT2D eigenvalue weighted by molar-refractivity contribution is 5.99. The minimum absolute atomic E-state index is 0.136. The Morgan fingerprint density at radius 2 is 2.12 bits per heavy atom. The molecule has 1 heterocycles. The van der Waals surface area contributed by atoms with Crippen LogP contribution < -0.4 is 10.6 Å². The Kier molecular flexibility index (Phi) is 2.49. The van der Waals surface area contributed by atoms with Crippen LogP contribution >= 0.6 is 0 Å². The Hall–Kier alpha value is -1.72. The highest BCUT2D eigenvalue weighted by Crippen LogP contribution is 2.26. The molecule has 0 spiro atoms. The summed E-state index contributed by atoms with van der Waals surface area (Å²) in [6.45, 7) is -1.08. The Bertz CT molecular complexity index is 429. The third-order valence-electron chi connectivity index (χ3n) is 2.22. The molecule has 0 unspecified atom stereocenters. The van der Waals surface area contributed by atoms with E-state index in [0.717, 1.165) is 5.56 Å². The number of halogens is 3. The highest BCUT2D eigenvalue weighted by atomic mass is 19.4. The molecule has 16 heavy (non-hydrogen) atoms. The van der Waals surface area contributed by atoms with E-state index < -0.39 is 12.7 Å². The number of benzene rings is 1. The van der Waals surface area contributed by atoms with E-state index in [4.69, 9.17) is 0 Å². The van der Waals surface area contributed by atoms with Gasteiger partial charge in [0.15, 0.2) is 0 Å². The molecular formula is C10H9F3N2O. The minimum Gasteiger partial charge on any atom is -0.376 e. The zero-order valence-electron chi connectivity index (χ0n) is 8.19. The van der Waals surface area contributed by atoms with Crippen LogP contribution in [0.5, 0.6) is 0 Å². The SMILES string of the molecule is O=C1Cc2cc(NCC(F)(F)F)ccc2N1. The molecule has 0 saturated heterocycles. The molecule has 1 amide bonds. The smallest absolute Gasteiger partial charge is 0.376 e. The minimum atomic E-state index is -4.24. The number of alkyl halides is 3. The van der Waals surface area contributed by atoms with Gasteiger partial charge in [0.1, 0.15) is 6.54 Å². The van der Waals surface area contributed by atoms with Gasteiger partial charge >= 0.3 is 6.18 Å². The van der Waals surface area contributed by atoms with E-state index >= 15 is 0 Å². The third kappa shape index (κ3) is 2.44. The predicted octanol–water partition coefficient (Wildman–Crippen LogP) is 2.16. The maximum Gasteiger partial charge on any atom is 0.405 e. The number of hydrogen-bond donors (Lipinski definition) is 2. The second-order valence-corrected chi connectivity index (χ2v) is 3.57. The summed E-state index contributed by atoms with van der Waals surface area (Å²) in [5.41, 5.74) is 1.76. The molecule has 1 aliphatic heterocycles. The predicted molar refractivity (Wildman–Crippen MR) is 53.3 cm³/mol. The molecule has 2 N–H and O–H groups in total. The number of fused-ring (bicyclic) bond motifs is 1. The number of anilines is 2. The maximum absolute atomic E-state index is 11.9. The van der Waals surface area contributed by atoms with Gasteiger partial charge in [0.25, 0.3) is 0 Å². The summed E-state index contributed by atoms with van der Waals surface area (Å²) in [6, 6.07) is 4.66. The Labute approximate surface area is 89.6 Å². The number of rotatable bonds is 2. The van der Waals surface area contributed by atoms with E-state index in [1.165, 1.54) is 6.07 Å². The van der Waals surface area contributed by atoms with E-state index in [9.17, 15) is 18.0 Å². The van der Waals surface area contributed by atoms with Gasteiger partial charge in [-0.3, -0.25) is 4.79 Å². The van der Waals surface area contributed by atoms with Crippen LogP contribution in [0.3, 0.4) is 0 Å². The Balaban J connectivity index is 2.08. The molecular weight excluding hydrogens is 221 g/mol. The molecule has 0 aliphatic carbocycles. The van der Waals surface area contributed by atoms with Gasteiger partial charge in [0.05, 0.1) is 6.42 Å². The van der Waals surface area contributed by atoms with Gasteiger partial charge in [-0.15, -0.1) is 0 Å². The van der Waals surface area contributed by atoms with Crippen LogP contribution in [0.2, 0.25) is 0 Å². The van der Waals surface area contributed by atoms with E-state index in [1.807, 2.05) is 0 Å². The van der Waals surface area contributed by atoms with Crippen molar-refractivity contribution in [2.45, 2.75) is 12.6 Å². The summed E-state index contributed by atoms with van der Waals surface area (Å²) in [4.78, 5) is 11.0. The zero-order chi connectivity index (χ0) is 11.8. The van der Waals surface area contributed by atoms with Crippen LogP contribution in [-0.2, 0) is 11.2 Å². The molecule has 1 aliphatic rings. The topological polar surface area (TPSA) is 41.1 Å². The molecule has 86 valence electrons. The van der Waals surface area contributed by atoms with E-state index in [0.29, 0.717) is 11.4 Å². The van der Waals surface area contributed by atoms with Crippen LogP contribution in [0, 0.1) is 0 Å². The second kappa shape index (κ2) is 3.70. The summed E-state index contributed by atoms with van der Waals surface area (Å²) < 4.78 is 35.8. The monoisotopic (exact) mass is 230 g/mol. The van der Waals surface area contributed by atoms with Gasteiger partial charge in [0.2, 0.25) is 5.91 Å². The maximum atomic E-state index is 11.9. The molecule has 1 aromatic carbocycles. The number of carbonyl (C=O) groups is 1. The van der Waals surface area contributed by atoms with Crippen LogP contribution in [0.25, 0.3) is 0 Å². The average Bonchev–Trinajstić information content (AvgIpc) is 2.52. The van der Waals surface area contributed by atoms with Crippen molar-refractivity contribution < 1.29 is 18.0 Å². The first-order chi connectivity index (χ1) is 7.44. The van der Waals surface area contributed by atoms with Crippen molar-refractivity contribution in [2.24, 2.45) is 0 Å². The van der Waals surface area contributed by atoms with Gasteiger partial charge in [-0.2, -0.15) is 13.2 Å². The van der Waals surface area contributed by atoms with Gasteiger partial charge < -0.3 is 10.6 Å². The molecule has 1 aromatic rings. The summed E-state index contributed by atoms with van der Waals surface area (Å²) in [5, 5.41) is 4.87. The van der Waals surface area contributed by atoms with Crippen LogP contribution in [0.4, 0.5) is 24.5 Å². The van der Waals surface area contributed by atoms with E-state index in [-0.39, 0.29) is 12.3 Å². The normalized spacial score (nSPS) is 14.6. The van der Waals surface area contributed by atoms with Crippen molar-refractivity contribution in [3.63, 3.8) is 0 Å². The standard InChI is InChI=1S/C10H9F3N2O/c11-10(12,13)5-14-7-1-2-8-6(3-7)4-9(16)15-8/h1-3,14H,4-5H2,(H,15,16). The van der Waals surface area contributed by atoms with Crippen LogP contribution in [-0.4, -0.2) is 18.6 Å². The van der Waals surface area contributed by atoms with Crippen molar-refractivity contribution in [2.75, 3.05) is 17.2 Å². The lowest BCUT2D eigenvalue weighted by Crippen LogP contribution is -2.21. The van der Waals surface area contributed by atoms with Gasteiger partial charge in [0, 0.05) is 11.4 Å². The Morgan fingerprint density at radius 1 is 1.38 bits per heavy atom. The molecule has 0 fully saturated rings. The number of hydrogen-bond acceptors (Lipinski definition) is 2. The van der Waals surface area contributed by atoms with E-state index in [2.05, 4.69) is 10.6 Å². The lowest BCUT2D eigenvalue weighted by molar-refractivity contribution is -0.116. The lowest BCUT2D eigenvalue weighted by Gasteiger charge is -2.10. The second-order valence-electron chi connectivity index (χ2n) is 3.57. The van der Waals surface area contributed by atoms with E-state index in [1.54, 1.807) is 12.1 Å². The average molecular weight is 230 g/mol. The van der Waals surface area contributed by atoms with Crippen molar-refractivity contribution >= 4 is 17.3 Å². The van der Waals surface area contributed by atoms with Crippen molar-refractivity contribution in [3.05, 3.63) is 23.8 Å². The zero-order valence-corrected chi connectivity index (χ0v) is 8.19. The Morgan fingerprint density at radius 3 is 2.81 bits per heavy atom. The fourth-order valence-corrected chi connectivity index (χ4v) is 1.54. The van der Waals surface area contributed by atoms with Crippen molar-refractivity contribution in [1.82, 2.24) is 0 Å². The largest absolute Gasteiger partial charge is 0.405 e. The number of nitrogens with one attached hydrogen (secondary N) is 2. The molecule has 0 aromatic heterocycles. The molecule has 6 heteroatoms. The fraction of sp³-hybridized carbons (Fsp3) is 0.300. The summed E-state index contributed by atoms with van der Waals surface area (Å²) in [5.74, 6) is -0.136. The molecule has 0 saturated carbocycles. The van der Waals surface area contributed by atoms with Gasteiger partial charge in [-0.25, -0.2) is 0 Å². The first-order valence-corrected chi connectivity index (χ1v) is 4.67. The number of carbonyl (C=O) groups excluding carboxylic acids is 1. The van der Waals surface area contributed by atoms with Gasteiger partial charge in [-0.05, 0) is 23.8 Å². The lowest BCUT2D eigenvalue weighted by atomic mass is 10.1. The molecule has 0 atom stereocenters. The van der Waals surface area contributed by atoms with Crippen LogP contribution in [0.1, 0.15) is 5.56 Å². The van der Waals surface area contributed by atoms with Gasteiger partial charge in [-0.1, -0.05) is 0 Å². The summed E-state index contributed by atoms with van der Waals surface area (Å²) in [6.07, 6.45) is -4.02. The fourth-order valence-electron chi connectivity index (χ4n) is 1.54. The third-order valence-corrected chi connectivity index (χ3v) is 2.22. The summed E-state index contributed by atoms with van der Waals surface area (Å²) in [7, 11) is 0. The first kappa shape index (κ1) is 10.8. The number of amides is 1. The first-order valence-electron chi connectivity index (χ1n) is 4.67. The van der Waals surface area contributed by atoms with Crippen molar-refractivity contribution in [3.8, 4) is 0 Å².